The van der Waals surface area contributed by atoms with Gasteiger partial charge in [0.15, 0.2) is 5.69 Å². The molecule has 0 aromatic carbocycles. The summed E-state index contributed by atoms with van der Waals surface area (Å²) in [5.41, 5.74) is 0.653. The number of nitrogens with one attached hydrogen (secondary N) is 1. The van der Waals surface area contributed by atoms with E-state index in [1.54, 1.807) is 6.20 Å². The van der Waals surface area contributed by atoms with Crippen LogP contribution in [0.3, 0.4) is 0 Å². The van der Waals surface area contributed by atoms with Gasteiger partial charge in [-0.15, -0.1) is 0 Å². The van der Waals surface area contributed by atoms with E-state index in [0.717, 1.165) is 12.8 Å². The first-order valence-corrected chi connectivity index (χ1v) is 5.01. The van der Waals surface area contributed by atoms with Crippen molar-refractivity contribution >= 4 is 11.5 Å². The molecule has 0 unspecified atom stereocenters. The first kappa shape index (κ1) is 9.14. The third kappa shape index (κ3) is 1.16. The summed E-state index contributed by atoms with van der Waals surface area (Å²) < 4.78 is 1.34. The molecular formula is C10H9N3O3. The van der Waals surface area contributed by atoms with Crippen LogP contribution in [0.2, 0.25) is 0 Å². The monoisotopic (exact) mass is 219 g/mol. The highest BCUT2D eigenvalue weighted by Crippen LogP contribution is 2.42. The number of aromatic carboxylic acids is 1. The lowest BCUT2D eigenvalue weighted by Crippen LogP contribution is -2.09. The van der Waals surface area contributed by atoms with Crippen molar-refractivity contribution in [3.63, 3.8) is 0 Å². The highest BCUT2D eigenvalue weighted by Gasteiger charge is 2.33. The van der Waals surface area contributed by atoms with Gasteiger partial charge >= 0.3 is 5.97 Å². The van der Waals surface area contributed by atoms with Gasteiger partial charge in [0.25, 0.3) is 5.56 Å². The summed E-state index contributed by atoms with van der Waals surface area (Å²) in [7, 11) is 0. The van der Waals surface area contributed by atoms with Gasteiger partial charge in [-0.25, -0.2) is 9.31 Å². The van der Waals surface area contributed by atoms with Crippen molar-refractivity contribution < 1.29 is 9.90 Å². The van der Waals surface area contributed by atoms with Crippen LogP contribution in [0.4, 0.5) is 0 Å². The zero-order valence-corrected chi connectivity index (χ0v) is 8.30. The van der Waals surface area contributed by atoms with Gasteiger partial charge in [0.05, 0.1) is 0 Å². The molecule has 6 nitrogen and oxygen atoms in total. The number of carboxylic acids is 1. The van der Waals surface area contributed by atoms with Crippen molar-refractivity contribution in [2.75, 3.05) is 0 Å². The standard InChI is InChI=1S/C10H9N3O3/c14-9-8-6(5-1-2-5)7(10(15)16)12-13(8)4-3-11-9/h3-5H,1-2H2,(H,11,14)(H,15,16). The fraction of sp³-hybridized carbons (Fsp3) is 0.300. The molecule has 1 saturated carbocycles. The molecule has 2 aromatic heterocycles. The fourth-order valence-corrected chi connectivity index (χ4v) is 1.95. The van der Waals surface area contributed by atoms with Crippen LogP contribution in [0.15, 0.2) is 17.2 Å². The van der Waals surface area contributed by atoms with Gasteiger partial charge in [-0.3, -0.25) is 4.79 Å². The Morgan fingerprint density at radius 3 is 2.94 bits per heavy atom. The largest absolute Gasteiger partial charge is 0.476 e. The predicted molar refractivity (Wildman–Crippen MR) is 54.7 cm³/mol. The summed E-state index contributed by atoms with van der Waals surface area (Å²) in [6.45, 7) is 0. The smallest absolute Gasteiger partial charge is 0.356 e. The Labute approximate surface area is 89.5 Å². The summed E-state index contributed by atoms with van der Waals surface area (Å²) in [5, 5.41) is 13.0. The first-order valence-electron chi connectivity index (χ1n) is 5.01. The Morgan fingerprint density at radius 2 is 2.31 bits per heavy atom. The molecule has 0 amide bonds. The highest BCUT2D eigenvalue weighted by atomic mass is 16.4. The maximum Gasteiger partial charge on any atom is 0.356 e. The zero-order valence-electron chi connectivity index (χ0n) is 8.30. The van der Waals surface area contributed by atoms with E-state index in [0.29, 0.717) is 11.1 Å². The number of nitrogens with zero attached hydrogens (tertiary/aromatic N) is 2. The van der Waals surface area contributed by atoms with Gasteiger partial charge in [0.1, 0.15) is 5.52 Å². The van der Waals surface area contributed by atoms with Crippen LogP contribution < -0.4 is 5.56 Å². The molecule has 0 bridgehead atoms. The molecule has 0 aliphatic heterocycles. The molecule has 82 valence electrons. The summed E-state index contributed by atoms with van der Waals surface area (Å²) >= 11 is 0. The molecule has 2 N–H and O–H groups in total. The average Bonchev–Trinajstić information content (AvgIpc) is 2.99. The maximum absolute atomic E-state index is 11.7. The lowest BCUT2D eigenvalue weighted by Gasteiger charge is -1.94. The van der Waals surface area contributed by atoms with E-state index in [2.05, 4.69) is 10.1 Å². The summed E-state index contributed by atoms with van der Waals surface area (Å²) in [4.78, 5) is 25.2. The summed E-state index contributed by atoms with van der Waals surface area (Å²) in [6.07, 6.45) is 4.85. The Morgan fingerprint density at radius 1 is 1.56 bits per heavy atom. The zero-order chi connectivity index (χ0) is 11.3. The molecule has 6 heteroatoms. The third-order valence-corrected chi connectivity index (χ3v) is 2.78. The minimum Gasteiger partial charge on any atom is -0.476 e. The van der Waals surface area contributed by atoms with Crippen molar-refractivity contribution in [3.05, 3.63) is 34.0 Å². The van der Waals surface area contributed by atoms with Crippen LogP contribution in [-0.2, 0) is 0 Å². The Kier molecular flexibility index (Phi) is 1.68. The second-order valence-electron chi connectivity index (χ2n) is 3.92. The number of hydrogen-bond acceptors (Lipinski definition) is 3. The van der Waals surface area contributed by atoms with Crippen LogP contribution >= 0.6 is 0 Å². The number of H-pyrrole nitrogens is 1. The van der Waals surface area contributed by atoms with E-state index in [4.69, 9.17) is 5.11 Å². The first-order chi connectivity index (χ1) is 7.68. The number of fused-ring (bicyclic) bond motifs is 1. The number of aromatic nitrogens is 3. The summed E-state index contributed by atoms with van der Waals surface area (Å²) in [5.74, 6) is -0.905. The van der Waals surface area contributed by atoms with E-state index in [9.17, 15) is 9.59 Å². The maximum atomic E-state index is 11.7. The quantitative estimate of drug-likeness (QED) is 0.774. The molecule has 0 spiro atoms. The molecule has 0 saturated heterocycles. The van der Waals surface area contributed by atoms with E-state index in [1.807, 2.05) is 0 Å². The van der Waals surface area contributed by atoms with Crippen molar-refractivity contribution in [3.8, 4) is 0 Å². The van der Waals surface area contributed by atoms with Crippen molar-refractivity contribution in [2.24, 2.45) is 0 Å². The van der Waals surface area contributed by atoms with Crippen LogP contribution in [0.25, 0.3) is 5.52 Å². The van der Waals surface area contributed by atoms with Crippen LogP contribution in [0.1, 0.15) is 34.8 Å². The Hall–Kier alpha value is -2.11. The SMILES string of the molecule is O=C(O)c1nn2cc[nH]c(=O)c2c1C1CC1. The highest BCUT2D eigenvalue weighted by molar-refractivity contribution is 5.90. The van der Waals surface area contributed by atoms with Gasteiger partial charge in [0, 0.05) is 18.0 Å². The second kappa shape index (κ2) is 2.94. The molecular weight excluding hydrogens is 210 g/mol. The molecule has 1 aliphatic carbocycles. The molecule has 1 fully saturated rings. The topological polar surface area (TPSA) is 87.5 Å². The molecule has 2 aromatic rings. The number of rotatable bonds is 2. The van der Waals surface area contributed by atoms with Crippen LogP contribution in [-0.4, -0.2) is 25.7 Å². The van der Waals surface area contributed by atoms with Gasteiger partial charge in [-0.2, -0.15) is 5.10 Å². The minimum absolute atomic E-state index is 0.000741. The van der Waals surface area contributed by atoms with Crippen LogP contribution in [0.5, 0.6) is 0 Å². The van der Waals surface area contributed by atoms with Gasteiger partial charge in [-0.05, 0) is 18.8 Å². The lowest BCUT2D eigenvalue weighted by atomic mass is 10.1. The Bertz CT molecular complexity index is 636. The van der Waals surface area contributed by atoms with Crippen molar-refractivity contribution in [2.45, 2.75) is 18.8 Å². The van der Waals surface area contributed by atoms with Crippen LogP contribution in [0, 0.1) is 0 Å². The van der Waals surface area contributed by atoms with E-state index in [1.165, 1.54) is 10.7 Å². The number of carboxylic acid groups (broad SMARTS) is 1. The molecule has 16 heavy (non-hydrogen) atoms. The van der Waals surface area contributed by atoms with E-state index < -0.39 is 5.97 Å². The lowest BCUT2D eigenvalue weighted by molar-refractivity contribution is 0.0689. The molecule has 3 rings (SSSR count). The number of hydrogen-bond donors (Lipinski definition) is 2. The molecule has 0 atom stereocenters. The van der Waals surface area contributed by atoms with E-state index >= 15 is 0 Å². The fourth-order valence-electron chi connectivity index (χ4n) is 1.95. The molecule has 1 aliphatic rings. The number of carbonyl (C=O) groups is 1. The van der Waals surface area contributed by atoms with Gasteiger partial charge in [0.2, 0.25) is 0 Å². The van der Waals surface area contributed by atoms with Crippen molar-refractivity contribution in [1.29, 1.82) is 0 Å². The van der Waals surface area contributed by atoms with E-state index in [-0.39, 0.29) is 17.2 Å². The predicted octanol–water partition coefficient (Wildman–Crippen LogP) is 0.598. The normalized spacial score (nSPS) is 15.5. The molecule has 2 heterocycles. The second-order valence-corrected chi connectivity index (χ2v) is 3.92. The van der Waals surface area contributed by atoms with Gasteiger partial charge in [-0.1, -0.05) is 0 Å². The summed E-state index contributed by atoms with van der Waals surface area (Å²) in [6, 6.07) is 0. The average molecular weight is 219 g/mol. The Balaban J connectivity index is 2.43. The minimum atomic E-state index is -1.08. The third-order valence-electron chi connectivity index (χ3n) is 2.78. The van der Waals surface area contributed by atoms with Gasteiger partial charge < -0.3 is 10.1 Å². The molecule has 0 radical (unpaired) electrons. The van der Waals surface area contributed by atoms with Crippen molar-refractivity contribution in [1.82, 2.24) is 14.6 Å². The number of aromatic amines is 1.